The Morgan fingerprint density at radius 3 is 2.76 bits per heavy atom. The highest BCUT2D eigenvalue weighted by Crippen LogP contribution is 2.21. The summed E-state index contributed by atoms with van der Waals surface area (Å²) in [5.74, 6) is 2.31. The summed E-state index contributed by atoms with van der Waals surface area (Å²) < 4.78 is 7.35. The summed E-state index contributed by atoms with van der Waals surface area (Å²) in [4.78, 5) is 9.20. The lowest BCUT2D eigenvalue weighted by molar-refractivity contribution is 0.392. The van der Waals surface area contributed by atoms with Gasteiger partial charge in [0.1, 0.15) is 17.1 Å². The molecule has 0 unspecified atom stereocenters. The average molecular weight is 305 g/mol. The number of pyridine rings is 1. The zero-order chi connectivity index (χ0) is 15.0. The van der Waals surface area contributed by atoms with E-state index < -0.39 is 0 Å². The van der Waals surface area contributed by atoms with E-state index in [1.165, 1.54) is 0 Å². The molecule has 0 aliphatic rings. The Kier molecular flexibility index (Phi) is 3.68. The SMILES string of the molecule is Cc1cnc2c(c1)nc(CCCl)n2Cc1c(C)noc1C. The first kappa shape index (κ1) is 14.1. The second kappa shape index (κ2) is 5.48. The van der Waals surface area contributed by atoms with E-state index >= 15 is 0 Å². The Morgan fingerprint density at radius 1 is 1.29 bits per heavy atom. The Bertz CT molecular complexity index is 771. The minimum Gasteiger partial charge on any atom is -0.361 e. The number of fused-ring (bicyclic) bond motifs is 1. The third-order valence-electron chi connectivity index (χ3n) is 3.62. The minimum absolute atomic E-state index is 0.532. The molecule has 0 saturated heterocycles. The summed E-state index contributed by atoms with van der Waals surface area (Å²) in [6.07, 6.45) is 2.57. The molecular weight excluding hydrogens is 288 g/mol. The maximum absolute atomic E-state index is 5.91. The predicted octanol–water partition coefficient (Wildman–Crippen LogP) is 3.17. The van der Waals surface area contributed by atoms with Crippen molar-refractivity contribution in [3.8, 4) is 0 Å². The zero-order valence-electron chi connectivity index (χ0n) is 12.4. The van der Waals surface area contributed by atoms with E-state index in [1.54, 1.807) is 0 Å². The smallest absolute Gasteiger partial charge is 0.160 e. The van der Waals surface area contributed by atoms with Crippen LogP contribution in [0.4, 0.5) is 0 Å². The van der Waals surface area contributed by atoms with E-state index in [4.69, 9.17) is 16.1 Å². The van der Waals surface area contributed by atoms with Gasteiger partial charge >= 0.3 is 0 Å². The monoisotopic (exact) mass is 304 g/mol. The summed E-state index contributed by atoms with van der Waals surface area (Å²) in [7, 11) is 0. The number of hydrogen-bond donors (Lipinski definition) is 0. The molecule has 0 radical (unpaired) electrons. The molecule has 3 heterocycles. The van der Waals surface area contributed by atoms with Crippen molar-refractivity contribution in [2.24, 2.45) is 0 Å². The topological polar surface area (TPSA) is 56.7 Å². The first-order valence-electron chi connectivity index (χ1n) is 6.89. The first-order valence-corrected chi connectivity index (χ1v) is 7.43. The molecule has 0 aliphatic carbocycles. The average Bonchev–Trinajstić information content (AvgIpc) is 2.94. The molecule has 21 heavy (non-hydrogen) atoms. The number of rotatable bonds is 4. The molecule has 3 rings (SSSR count). The molecule has 0 atom stereocenters. The highest BCUT2D eigenvalue weighted by atomic mass is 35.5. The molecule has 0 fully saturated rings. The van der Waals surface area contributed by atoms with Gasteiger partial charge in [0.15, 0.2) is 5.65 Å². The molecule has 0 N–H and O–H groups in total. The lowest BCUT2D eigenvalue weighted by Crippen LogP contribution is -2.08. The summed E-state index contributed by atoms with van der Waals surface area (Å²) >= 11 is 5.91. The fourth-order valence-electron chi connectivity index (χ4n) is 2.49. The Labute approximate surface area is 127 Å². The molecule has 110 valence electrons. The maximum Gasteiger partial charge on any atom is 0.160 e. The summed E-state index contributed by atoms with van der Waals surface area (Å²) in [5.41, 5.74) is 4.86. The van der Waals surface area contributed by atoms with Gasteiger partial charge in [-0.25, -0.2) is 9.97 Å². The number of halogens is 1. The number of hydrogen-bond acceptors (Lipinski definition) is 4. The van der Waals surface area contributed by atoms with Crippen molar-refractivity contribution in [1.82, 2.24) is 19.7 Å². The van der Waals surface area contributed by atoms with Crippen LogP contribution in [0.5, 0.6) is 0 Å². The van der Waals surface area contributed by atoms with Crippen LogP contribution in [0, 0.1) is 20.8 Å². The van der Waals surface area contributed by atoms with Crippen LogP contribution in [-0.4, -0.2) is 25.6 Å². The number of imidazole rings is 1. The molecule has 0 bridgehead atoms. The van der Waals surface area contributed by atoms with Crippen molar-refractivity contribution >= 4 is 22.8 Å². The van der Waals surface area contributed by atoms with E-state index in [-0.39, 0.29) is 0 Å². The Balaban J connectivity index is 2.13. The molecule has 0 amide bonds. The highest BCUT2D eigenvalue weighted by molar-refractivity contribution is 6.17. The maximum atomic E-state index is 5.91. The minimum atomic E-state index is 0.532. The summed E-state index contributed by atoms with van der Waals surface area (Å²) in [6.45, 7) is 6.54. The molecule has 6 heteroatoms. The van der Waals surface area contributed by atoms with Gasteiger partial charge in [-0.2, -0.15) is 0 Å². The van der Waals surface area contributed by atoms with Gasteiger partial charge in [-0.1, -0.05) is 5.16 Å². The van der Waals surface area contributed by atoms with Gasteiger partial charge in [-0.3, -0.25) is 0 Å². The lowest BCUT2D eigenvalue weighted by Gasteiger charge is -2.07. The lowest BCUT2D eigenvalue weighted by atomic mass is 10.2. The van der Waals surface area contributed by atoms with E-state index in [9.17, 15) is 0 Å². The largest absolute Gasteiger partial charge is 0.361 e. The van der Waals surface area contributed by atoms with Gasteiger partial charge in [0.25, 0.3) is 0 Å². The third kappa shape index (κ3) is 2.53. The van der Waals surface area contributed by atoms with Crippen molar-refractivity contribution in [2.75, 3.05) is 5.88 Å². The molecule has 0 aliphatic heterocycles. The van der Waals surface area contributed by atoms with Gasteiger partial charge < -0.3 is 9.09 Å². The second-order valence-corrected chi connectivity index (χ2v) is 5.59. The van der Waals surface area contributed by atoms with E-state index in [1.807, 2.05) is 33.0 Å². The van der Waals surface area contributed by atoms with E-state index in [0.29, 0.717) is 18.8 Å². The second-order valence-electron chi connectivity index (χ2n) is 5.21. The van der Waals surface area contributed by atoms with Crippen molar-refractivity contribution in [2.45, 2.75) is 33.7 Å². The Morgan fingerprint density at radius 2 is 2.10 bits per heavy atom. The number of aromatic nitrogens is 4. The van der Waals surface area contributed by atoms with Crippen molar-refractivity contribution in [3.05, 3.63) is 40.7 Å². The van der Waals surface area contributed by atoms with Gasteiger partial charge in [0.2, 0.25) is 0 Å². The molecule has 0 spiro atoms. The van der Waals surface area contributed by atoms with Crippen molar-refractivity contribution in [3.63, 3.8) is 0 Å². The third-order valence-corrected chi connectivity index (χ3v) is 3.81. The van der Waals surface area contributed by atoms with Crippen LogP contribution < -0.4 is 0 Å². The van der Waals surface area contributed by atoms with Crippen molar-refractivity contribution in [1.29, 1.82) is 0 Å². The highest BCUT2D eigenvalue weighted by Gasteiger charge is 2.16. The molecular formula is C15H17ClN4O. The zero-order valence-corrected chi connectivity index (χ0v) is 13.1. The van der Waals surface area contributed by atoms with E-state index in [0.717, 1.165) is 39.6 Å². The number of alkyl halides is 1. The first-order chi connectivity index (χ1) is 10.1. The number of nitrogens with zero attached hydrogens (tertiary/aromatic N) is 4. The van der Waals surface area contributed by atoms with Crippen LogP contribution in [0.3, 0.4) is 0 Å². The molecule has 0 saturated carbocycles. The normalized spacial score (nSPS) is 11.4. The molecule has 3 aromatic rings. The van der Waals surface area contributed by atoms with Gasteiger partial charge in [-0.05, 0) is 32.4 Å². The summed E-state index contributed by atoms with van der Waals surface area (Å²) in [6, 6.07) is 2.05. The quantitative estimate of drug-likeness (QED) is 0.695. The van der Waals surface area contributed by atoms with Crippen LogP contribution in [0.15, 0.2) is 16.8 Å². The molecule has 5 nitrogen and oxygen atoms in total. The standard InChI is InChI=1S/C15H17ClN4O/c1-9-6-13-15(17-7-9)20(14(18-13)4-5-16)8-12-10(2)19-21-11(12)3/h6-7H,4-5,8H2,1-3H3. The van der Waals surface area contributed by atoms with Gasteiger partial charge in [0.05, 0.1) is 12.2 Å². The van der Waals surface area contributed by atoms with Crippen molar-refractivity contribution < 1.29 is 4.52 Å². The Hall–Kier alpha value is -1.88. The summed E-state index contributed by atoms with van der Waals surface area (Å²) in [5, 5.41) is 4.01. The van der Waals surface area contributed by atoms with Crippen LogP contribution in [0.2, 0.25) is 0 Å². The van der Waals surface area contributed by atoms with Gasteiger partial charge in [-0.15, -0.1) is 11.6 Å². The predicted molar refractivity (Wildman–Crippen MR) is 81.8 cm³/mol. The molecule has 3 aromatic heterocycles. The van der Waals surface area contributed by atoms with Gasteiger partial charge in [0, 0.05) is 24.1 Å². The van der Waals surface area contributed by atoms with Crippen LogP contribution in [0.1, 0.15) is 28.4 Å². The van der Waals surface area contributed by atoms with Crippen LogP contribution in [-0.2, 0) is 13.0 Å². The molecule has 0 aromatic carbocycles. The van der Waals surface area contributed by atoms with Crippen LogP contribution in [0.25, 0.3) is 11.2 Å². The van der Waals surface area contributed by atoms with E-state index in [2.05, 4.69) is 19.7 Å². The number of aryl methyl sites for hydroxylation is 4. The fourth-order valence-corrected chi connectivity index (χ4v) is 2.65. The fraction of sp³-hybridized carbons (Fsp3) is 0.400. The van der Waals surface area contributed by atoms with Crippen LogP contribution >= 0.6 is 11.6 Å².